The molecule has 0 saturated heterocycles. The Morgan fingerprint density at radius 1 is 1.11 bits per heavy atom. The number of aryl methyl sites for hydroxylation is 2. The van der Waals surface area contributed by atoms with Crippen LogP contribution in [0.5, 0.6) is 5.75 Å². The number of nitrogens with one attached hydrogen (secondary N) is 3. The van der Waals surface area contributed by atoms with Gasteiger partial charge >= 0.3 is 0 Å². The van der Waals surface area contributed by atoms with E-state index in [1.807, 2.05) is 12.1 Å². The fourth-order valence-corrected chi connectivity index (χ4v) is 3.55. The monoisotopic (exact) mass is 470 g/mol. The predicted octanol–water partition coefficient (Wildman–Crippen LogP) is 2.29. The highest BCUT2D eigenvalue weighted by Gasteiger charge is 2.19. The molecule has 0 amide bonds. The number of aromatic nitrogens is 9. The summed E-state index contributed by atoms with van der Waals surface area (Å²) in [5.41, 5.74) is 1.76. The largest absolute Gasteiger partial charge is 0.494 e. The summed E-state index contributed by atoms with van der Waals surface area (Å²) in [5, 5.41) is 21.8. The maximum atomic E-state index is 12.9. The molecular weight excluding hydrogens is 452 g/mol. The third-order valence-electron chi connectivity index (χ3n) is 5.04. The van der Waals surface area contributed by atoms with Crippen molar-refractivity contribution in [3.8, 4) is 17.1 Å². The van der Waals surface area contributed by atoms with Crippen molar-refractivity contribution in [1.29, 1.82) is 0 Å². The van der Waals surface area contributed by atoms with Crippen LogP contribution in [0.15, 0.2) is 41.5 Å². The zero-order valence-electron chi connectivity index (χ0n) is 18.8. The van der Waals surface area contributed by atoms with Crippen molar-refractivity contribution in [3.63, 3.8) is 0 Å². The molecule has 0 saturated carbocycles. The van der Waals surface area contributed by atoms with E-state index in [0.29, 0.717) is 51.2 Å². The van der Waals surface area contributed by atoms with Gasteiger partial charge in [-0.1, -0.05) is 17.6 Å². The van der Waals surface area contributed by atoms with E-state index >= 15 is 0 Å². The van der Waals surface area contributed by atoms with E-state index in [1.165, 1.54) is 29.0 Å². The van der Waals surface area contributed by atoms with Gasteiger partial charge in [-0.05, 0) is 17.3 Å². The average Bonchev–Trinajstić information content (AvgIpc) is 3.41. The molecule has 5 aromatic rings. The zero-order valence-corrected chi connectivity index (χ0v) is 18.8. The third-order valence-corrected chi connectivity index (χ3v) is 5.04. The second-order valence-electron chi connectivity index (χ2n) is 7.37. The highest BCUT2D eigenvalue weighted by atomic mass is 16.5. The van der Waals surface area contributed by atoms with Gasteiger partial charge in [0.2, 0.25) is 11.6 Å². The Labute approximate surface area is 197 Å². The zero-order chi connectivity index (χ0) is 24.5. The van der Waals surface area contributed by atoms with Crippen LogP contribution in [0, 0.1) is 6.57 Å². The second-order valence-corrected chi connectivity index (χ2v) is 7.37. The molecule has 5 rings (SSSR count). The molecule has 0 aliphatic heterocycles. The van der Waals surface area contributed by atoms with E-state index in [0.717, 1.165) is 0 Å². The number of ether oxygens (including phenoxy) is 1. The quantitative estimate of drug-likeness (QED) is 0.314. The minimum Gasteiger partial charge on any atom is -0.494 e. The van der Waals surface area contributed by atoms with Crippen LogP contribution in [0.25, 0.3) is 27.3 Å². The molecule has 0 aliphatic carbocycles. The van der Waals surface area contributed by atoms with Crippen molar-refractivity contribution >= 4 is 39.9 Å². The molecule has 0 fully saturated rings. The number of benzene rings is 1. The summed E-state index contributed by atoms with van der Waals surface area (Å²) in [5.74, 6) is 1.72. The van der Waals surface area contributed by atoms with Crippen LogP contribution in [-0.4, -0.2) is 52.0 Å². The summed E-state index contributed by atoms with van der Waals surface area (Å²) in [6, 6.07) is 7.10. The molecule has 4 heterocycles. The van der Waals surface area contributed by atoms with E-state index in [1.54, 1.807) is 26.2 Å². The Hall–Kier alpha value is -5.32. The summed E-state index contributed by atoms with van der Waals surface area (Å²) >= 11 is 0. The van der Waals surface area contributed by atoms with Gasteiger partial charge < -0.3 is 20.2 Å². The molecular formula is C21H18N12O2. The van der Waals surface area contributed by atoms with Crippen LogP contribution in [0.3, 0.4) is 0 Å². The topological polar surface area (TPSA) is 158 Å². The number of aromatic amines is 1. The van der Waals surface area contributed by atoms with E-state index in [4.69, 9.17) is 11.3 Å². The first kappa shape index (κ1) is 21.5. The van der Waals surface area contributed by atoms with Crippen LogP contribution < -0.4 is 20.9 Å². The number of hydrogen-bond donors (Lipinski definition) is 3. The van der Waals surface area contributed by atoms with E-state index in [-0.39, 0.29) is 11.4 Å². The number of hydrogen-bond acceptors (Lipinski definition) is 10. The number of para-hydroxylation sites is 1. The lowest BCUT2D eigenvalue weighted by Crippen LogP contribution is -2.12. The van der Waals surface area contributed by atoms with Gasteiger partial charge in [0.1, 0.15) is 11.2 Å². The van der Waals surface area contributed by atoms with Gasteiger partial charge in [0.05, 0.1) is 43.5 Å². The van der Waals surface area contributed by atoms with E-state index in [2.05, 4.69) is 50.9 Å². The van der Waals surface area contributed by atoms with Crippen molar-refractivity contribution < 1.29 is 4.74 Å². The highest BCUT2D eigenvalue weighted by Crippen LogP contribution is 2.37. The average molecular weight is 470 g/mol. The Kier molecular flexibility index (Phi) is 5.26. The van der Waals surface area contributed by atoms with Gasteiger partial charge in [-0.15, -0.1) is 10.2 Å². The number of nitrogens with zero attached hydrogens (tertiary/aromatic N) is 9. The van der Waals surface area contributed by atoms with Crippen molar-refractivity contribution in [2.24, 2.45) is 14.1 Å². The molecule has 3 N–H and O–H groups in total. The first-order chi connectivity index (χ1) is 17.0. The minimum absolute atomic E-state index is 0.140. The van der Waals surface area contributed by atoms with Gasteiger partial charge in [-0.25, -0.2) is 4.98 Å². The molecule has 0 bridgehead atoms. The lowest BCUT2D eigenvalue weighted by molar-refractivity contribution is 0.418. The van der Waals surface area contributed by atoms with E-state index in [9.17, 15) is 4.79 Å². The molecule has 0 unspecified atom stereocenters. The van der Waals surface area contributed by atoms with Crippen LogP contribution >= 0.6 is 0 Å². The third kappa shape index (κ3) is 3.97. The molecule has 1 aromatic carbocycles. The minimum atomic E-state index is -0.262. The Morgan fingerprint density at radius 2 is 1.97 bits per heavy atom. The molecule has 0 atom stereocenters. The smallest absolute Gasteiger partial charge is 0.290 e. The van der Waals surface area contributed by atoms with Crippen molar-refractivity contribution in [3.05, 3.63) is 58.4 Å². The number of anilines is 4. The molecule has 4 aromatic heterocycles. The van der Waals surface area contributed by atoms with E-state index < -0.39 is 0 Å². The summed E-state index contributed by atoms with van der Waals surface area (Å²) in [7, 11) is 4.81. The lowest BCUT2D eigenvalue weighted by atomic mass is 10.1. The van der Waals surface area contributed by atoms with Crippen molar-refractivity contribution in [2.45, 2.75) is 0 Å². The number of pyridine rings is 1. The Bertz CT molecular complexity index is 1660. The first-order valence-corrected chi connectivity index (χ1v) is 10.2. The maximum absolute atomic E-state index is 12.9. The van der Waals surface area contributed by atoms with Crippen LogP contribution in [0.4, 0.5) is 28.8 Å². The SMILES string of the molecule is [C-]#[N+]c1cncc(Nc2cc(Nc3cccc(-c4nnn(C)n4)c3OC)c3c(=O)n(C)[nH]c3n2)n1. The van der Waals surface area contributed by atoms with Crippen LogP contribution in [-0.2, 0) is 14.1 Å². The number of fused-ring (bicyclic) bond motifs is 1. The van der Waals surface area contributed by atoms with Gasteiger partial charge in [0, 0.05) is 13.1 Å². The fourth-order valence-electron chi connectivity index (χ4n) is 3.55. The fraction of sp³-hybridized carbons (Fsp3) is 0.143. The molecule has 0 spiro atoms. The maximum Gasteiger partial charge on any atom is 0.290 e. The van der Waals surface area contributed by atoms with Crippen LogP contribution in [0.2, 0.25) is 0 Å². The lowest BCUT2D eigenvalue weighted by Gasteiger charge is -2.14. The molecule has 35 heavy (non-hydrogen) atoms. The molecule has 174 valence electrons. The van der Waals surface area contributed by atoms with Crippen molar-refractivity contribution in [2.75, 3.05) is 17.7 Å². The Morgan fingerprint density at radius 3 is 2.71 bits per heavy atom. The predicted molar refractivity (Wildman–Crippen MR) is 127 cm³/mol. The summed E-state index contributed by atoms with van der Waals surface area (Å²) in [6.45, 7) is 7.13. The summed E-state index contributed by atoms with van der Waals surface area (Å²) in [6.07, 6.45) is 2.84. The van der Waals surface area contributed by atoms with Gasteiger partial charge in [-0.2, -0.15) is 4.80 Å². The first-order valence-electron chi connectivity index (χ1n) is 10.2. The second kappa shape index (κ2) is 8.56. The van der Waals surface area contributed by atoms with Gasteiger partial charge in [0.15, 0.2) is 11.4 Å². The normalized spacial score (nSPS) is 10.8. The standard InChI is InChI=1S/C21H18N12O2/c1-22-15-9-23-10-16(26-15)25-14-8-13(17-20(27-14)29-32(2)21(17)34)24-12-7-5-6-11(18(12)35-4)19-28-31-33(3)30-19/h5-10H,2-4H3,(H3,24,25,26,27,29). The van der Waals surface area contributed by atoms with Crippen LogP contribution in [0.1, 0.15) is 0 Å². The van der Waals surface area contributed by atoms with Gasteiger partial charge in [-0.3, -0.25) is 19.6 Å². The number of H-pyrrole nitrogens is 1. The van der Waals surface area contributed by atoms with Crippen molar-refractivity contribution in [1.82, 2.24) is 44.9 Å². The summed E-state index contributed by atoms with van der Waals surface area (Å²) in [4.78, 5) is 30.2. The molecule has 0 aliphatic rings. The number of methoxy groups -OCH3 is 1. The number of rotatable bonds is 6. The Balaban J connectivity index is 1.61. The number of tetrazole rings is 1. The summed E-state index contributed by atoms with van der Waals surface area (Å²) < 4.78 is 7.00. The molecule has 14 nitrogen and oxygen atoms in total. The molecule has 0 radical (unpaired) electrons. The highest BCUT2D eigenvalue weighted by molar-refractivity contribution is 5.94. The molecule has 14 heteroatoms. The van der Waals surface area contributed by atoms with Gasteiger partial charge in [0.25, 0.3) is 11.4 Å².